The average Bonchev–Trinajstić information content (AvgIpc) is 2.69. The fourth-order valence-corrected chi connectivity index (χ4v) is 3.41. The normalized spacial score (nSPS) is 20.0. The third-order valence-corrected chi connectivity index (χ3v) is 4.98. The van der Waals surface area contributed by atoms with Crippen molar-refractivity contribution in [1.82, 2.24) is 0 Å². The highest BCUT2D eigenvalue weighted by molar-refractivity contribution is 5.66. The van der Waals surface area contributed by atoms with Gasteiger partial charge < -0.3 is 9.47 Å². The molecule has 0 saturated carbocycles. The van der Waals surface area contributed by atoms with Crippen LogP contribution in [0.4, 0.5) is 13.2 Å². The van der Waals surface area contributed by atoms with E-state index < -0.39 is 23.6 Å². The maximum Gasteiger partial charge on any atom is 0.167 e. The molecule has 1 saturated heterocycles. The number of aryl methyl sites for hydroxylation is 1. The third-order valence-electron chi connectivity index (χ3n) is 4.98. The zero-order chi connectivity index (χ0) is 19.4. The maximum absolute atomic E-state index is 14.7. The molecule has 27 heavy (non-hydrogen) atoms. The molecule has 1 heterocycles. The predicted molar refractivity (Wildman–Crippen MR) is 99.1 cm³/mol. The molecule has 1 aliphatic rings. The average molecular weight is 378 g/mol. The van der Waals surface area contributed by atoms with Crippen molar-refractivity contribution in [2.24, 2.45) is 0 Å². The van der Waals surface area contributed by atoms with Gasteiger partial charge in [0.2, 0.25) is 0 Å². The van der Waals surface area contributed by atoms with Gasteiger partial charge in [-0.1, -0.05) is 38.1 Å². The fourth-order valence-electron chi connectivity index (χ4n) is 3.41. The number of hydrogen-bond donors (Lipinski definition) is 0. The minimum Gasteiger partial charge on any atom is -0.376 e. The molecule has 0 amide bonds. The van der Waals surface area contributed by atoms with Crippen LogP contribution in [-0.4, -0.2) is 19.3 Å². The molecular weight excluding hydrogens is 353 g/mol. The highest BCUT2D eigenvalue weighted by Crippen LogP contribution is 2.35. The third kappa shape index (κ3) is 4.36. The predicted octanol–water partition coefficient (Wildman–Crippen LogP) is 5.98. The first-order chi connectivity index (χ1) is 13.0. The van der Waals surface area contributed by atoms with Crippen molar-refractivity contribution in [2.45, 2.75) is 51.7 Å². The van der Waals surface area contributed by atoms with Gasteiger partial charge in [0.05, 0.1) is 18.8 Å². The summed E-state index contributed by atoms with van der Waals surface area (Å²) in [5, 5.41) is 0. The Morgan fingerprint density at radius 1 is 1.00 bits per heavy atom. The summed E-state index contributed by atoms with van der Waals surface area (Å²) in [6.07, 6.45) is 2.39. The molecule has 0 N–H and O–H groups in total. The minimum atomic E-state index is -1.04. The largest absolute Gasteiger partial charge is 0.376 e. The maximum atomic E-state index is 14.7. The molecule has 5 heteroatoms. The van der Waals surface area contributed by atoms with Gasteiger partial charge in [-0.2, -0.15) is 0 Å². The van der Waals surface area contributed by atoms with Crippen LogP contribution in [0, 0.1) is 17.5 Å². The van der Waals surface area contributed by atoms with Crippen molar-refractivity contribution >= 4 is 0 Å². The van der Waals surface area contributed by atoms with E-state index in [9.17, 15) is 13.2 Å². The first-order valence-electron chi connectivity index (χ1n) is 9.55. The van der Waals surface area contributed by atoms with Gasteiger partial charge in [-0.25, -0.2) is 13.2 Å². The Bertz CT molecular complexity index is 783. The van der Waals surface area contributed by atoms with Crippen LogP contribution in [0.25, 0.3) is 11.1 Å². The number of halogens is 3. The Morgan fingerprint density at radius 2 is 1.78 bits per heavy atom. The van der Waals surface area contributed by atoms with Crippen molar-refractivity contribution in [2.75, 3.05) is 13.2 Å². The smallest absolute Gasteiger partial charge is 0.167 e. The lowest BCUT2D eigenvalue weighted by atomic mass is 9.95. The summed E-state index contributed by atoms with van der Waals surface area (Å²) < 4.78 is 55.0. The van der Waals surface area contributed by atoms with Gasteiger partial charge in [-0.15, -0.1) is 0 Å². The number of benzene rings is 2. The van der Waals surface area contributed by atoms with Crippen LogP contribution in [0.15, 0.2) is 30.3 Å². The van der Waals surface area contributed by atoms with Gasteiger partial charge >= 0.3 is 0 Å². The SMILES string of the molecule is CCCOC1CCC(c2ccc(-c3ccc(CC)cc3F)c(F)c2F)OC1. The second-order valence-electron chi connectivity index (χ2n) is 6.89. The Morgan fingerprint density at radius 3 is 2.41 bits per heavy atom. The van der Waals surface area contributed by atoms with E-state index in [0.29, 0.717) is 26.1 Å². The molecule has 0 aromatic heterocycles. The quantitative estimate of drug-likeness (QED) is 0.616. The lowest BCUT2D eigenvalue weighted by Crippen LogP contribution is -2.28. The molecule has 0 bridgehead atoms. The lowest BCUT2D eigenvalue weighted by molar-refractivity contribution is -0.0875. The molecule has 0 aliphatic carbocycles. The molecule has 2 unspecified atom stereocenters. The van der Waals surface area contributed by atoms with E-state index in [2.05, 4.69) is 0 Å². The molecule has 0 spiro atoms. The molecular formula is C22H25F3O2. The molecule has 146 valence electrons. The lowest BCUT2D eigenvalue weighted by Gasteiger charge is -2.29. The highest BCUT2D eigenvalue weighted by atomic mass is 19.2. The fraction of sp³-hybridized carbons (Fsp3) is 0.455. The van der Waals surface area contributed by atoms with Gasteiger partial charge in [-0.05, 0) is 37.3 Å². The Kier molecular flexibility index (Phi) is 6.55. The number of ether oxygens (including phenoxy) is 2. The Hall–Kier alpha value is -1.85. The van der Waals surface area contributed by atoms with Crippen molar-refractivity contribution in [3.05, 3.63) is 58.9 Å². The van der Waals surface area contributed by atoms with Crippen LogP contribution in [-0.2, 0) is 15.9 Å². The number of hydrogen-bond acceptors (Lipinski definition) is 2. The van der Waals surface area contributed by atoms with Crippen LogP contribution in [0.3, 0.4) is 0 Å². The van der Waals surface area contributed by atoms with Crippen molar-refractivity contribution in [3.63, 3.8) is 0 Å². The summed E-state index contributed by atoms with van der Waals surface area (Å²) in [7, 11) is 0. The molecule has 0 radical (unpaired) electrons. The molecule has 1 fully saturated rings. The van der Waals surface area contributed by atoms with Crippen LogP contribution in [0.5, 0.6) is 0 Å². The van der Waals surface area contributed by atoms with Crippen molar-refractivity contribution < 1.29 is 22.6 Å². The van der Waals surface area contributed by atoms with Crippen LogP contribution in [0.2, 0.25) is 0 Å². The molecule has 3 rings (SSSR count). The standard InChI is InChI=1S/C22H25F3O2/c1-3-11-26-15-6-10-20(27-13-15)18-9-8-17(21(24)22(18)25)16-7-5-14(4-2)12-19(16)23/h5,7-9,12,15,20H,3-4,6,10-11,13H2,1-2H3. The number of rotatable bonds is 6. The van der Waals surface area contributed by atoms with E-state index in [4.69, 9.17) is 9.47 Å². The van der Waals surface area contributed by atoms with Crippen molar-refractivity contribution in [3.8, 4) is 11.1 Å². The summed E-state index contributed by atoms with van der Waals surface area (Å²) in [6, 6.07) is 7.52. The van der Waals surface area contributed by atoms with E-state index in [-0.39, 0.29) is 22.8 Å². The van der Waals surface area contributed by atoms with E-state index in [1.54, 1.807) is 6.07 Å². The molecule has 2 nitrogen and oxygen atoms in total. The summed E-state index contributed by atoms with van der Waals surface area (Å²) in [5.41, 5.74) is 0.976. The second kappa shape index (κ2) is 8.89. The summed E-state index contributed by atoms with van der Waals surface area (Å²) >= 11 is 0. The van der Waals surface area contributed by atoms with Crippen LogP contribution in [0.1, 0.15) is 50.3 Å². The topological polar surface area (TPSA) is 18.5 Å². The van der Waals surface area contributed by atoms with E-state index in [1.165, 1.54) is 24.3 Å². The van der Waals surface area contributed by atoms with E-state index >= 15 is 0 Å². The minimum absolute atomic E-state index is 0.000410. The van der Waals surface area contributed by atoms with Gasteiger partial charge in [-0.3, -0.25) is 0 Å². The Balaban J connectivity index is 1.80. The Labute approximate surface area is 158 Å². The monoisotopic (exact) mass is 378 g/mol. The van der Waals surface area contributed by atoms with Gasteiger partial charge in [0.1, 0.15) is 5.82 Å². The zero-order valence-electron chi connectivity index (χ0n) is 15.7. The van der Waals surface area contributed by atoms with Crippen LogP contribution < -0.4 is 0 Å². The first-order valence-corrected chi connectivity index (χ1v) is 9.55. The van der Waals surface area contributed by atoms with Gasteiger partial charge in [0.15, 0.2) is 11.6 Å². The molecule has 1 aliphatic heterocycles. The molecule has 2 atom stereocenters. The van der Waals surface area contributed by atoms with E-state index in [0.717, 1.165) is 18.4 Å². The zero-order valence-corrected chi connectivity index (χ0v) is 15.7. The summed E-state index contributed by atoms with van der Waals surface area (Å²) in [6.45, 7) is 4.97. The van der Waals surface area contributed by atoms with Gasteiger partial charge in [0.25, 0.3) is 0 Å². The first kappa shape index (κ1) is 19.9. The molecule has 2 aromatic carbocycles. The summed E-state index contributed by atoms with van der Waals surface area (Å²) in [5.74, 6) is -2.56. The summed E-state index contributed by atoms with van der Waals surface area (Å²) in [4.78, 5) is 0. The highest BCUT2D eigenvalue weighted by Gasteiger charge is 2.28. The van der Waals surface area contributed by atoms with E-state index in [1.807, 2.05) is 13.8 Å². The van der Waals surface area contributed by atoms with Gasteiger partial charge in [0, 0.05) is 23.3 Å². The molecule has 2 aromatic rings. The van der Waals surface area contributed by atoms with Crippen LogP contribution >= 0.6 is 0 Å². The van der Waals surface area contributed by atoms with Crippen molar-refractivity contribution in [1.29, 1.82) is 0 Å². The second-order valence-corrected chi connectivity index (χ2v) is 6.89.